The monoisotopic (exact) mass is 195 g/mol. The summed E-state index contributed by atoms with van der Waals surface area (Å²) in [6.45, 7) is 2.32. The maximum absolute atomic E-state index is 9.07. The Bertz CT molecular complexity index is 269. The van der Waals surface area contributed by atoms with Gasteiger partial charge in [-0.15, -0.1) is 11.8 Å². The lowest BCUT2D eigenvalue weighted by molar-refractivity contribution is 0.385. The number of aromatic hydroxyl groups is 1. The van der Waals surface area contributed by atoms with Crippen molar-refractivity contribution in [3.63, 3.8) is 0 Å². The van der Waals surface area contributed by atoms with E-state index in [1.807, 2.05) is 23.9 Å². The van der Waals surface area contributed by atoms with E-state index in [9.17, 15) is 0 Å². The summed E-state index contributed by atoms with van der Waals surface area (Å²) >= 11 is 1.86. The second-order valence-corrected chi connectivity index (χ2v) is 4.42. The van der Waals surface area contributed by atoms with Crippen LogP contribution in [-0.4, -0.2) is 23.9 Å². The first-order valence-corrected chi connectivity index (χ1v) is 5.46. The molecule has 0 aromatic heterocycles. The van der Waals surface area contributed by atoms with Gasteiger partial charge in [-0.2, -0.15) is 0 Å². The number of thioether (sulfide) groups is 1. The van der Waals surface area contributed by atoms with Crippen LogP contribution in [0.5, 0.6) is 5.75 Å². The third-order valence-corrected chi connectivity index (χ3v) is 3.43. The number of phenols is 1. The molecule has 0 bridgehead atoms. The second-order valence-electron chi connectivity index (χ2n) is 3.33. The Balaban J connectivity index is 1.83. The number of benzene rings is 1. The van der Waals surface area contributed by atoms with E-state index in [1.165, 1.54) is 10.6 Å². The lowest BCUT2D eigenvalue weighted by Crippen LogP contribution is -2.43. The van der Waals surface area contributed by atoms with Crippen LogP contribution in [0.15, 0.2) is 29.2 Å². The summed E-state index contributed by atoms with van der Waals surface area (Å²) in [5, 5.41) is 12.3. The molecule has 1 fully saturated rings. The van der Waals surface area contributed by atoms with Gasteiger partial charge >= 0.3 is 0 Å². The van der Waals surface area contributed by atoms with Gasteiger partial charge in [-0.3, -0.25) is 0 Å². The van der Waals surface area contributed by atoms with Crippen molar-refractivity contribution in [3.8, 4) is 5.75 Å². The summed E-state index contributed by atoms with van der Waals surface area (Å²) in [4.78, 5) is 1.24. The Morgan fingerprint density at radius 3 is 2.54 bits per heavy atom. The maximum atomic E-state index is 9.07. The molecule has 2 N–H and O–H groups in total. The van der Waals surface area contributed by atoms with Crippen LogP contribution in [0, 0.1) is 5.92 Å². The second kappa shape index (κ2) is 4.03. The fraction of sp³-hybridized carbons (Fsp3) is 0.400. The molecule has 0 aliphatic carbocycles. The van der Waals surface area contributed by atoms with Crippen molar-refractivity contribution >= 4 is 11.8 Å². The summed E-state index contributed by atoms with van der Waals surface area (Å²) in [7, 11) is 0. The third-order valence-electron chi connectivity index (χ3n) is 2.19. The SMILES string of the molecule is Oc1ccc(SCC2CNC2)cc1. The molecule has 0 saturated carbocycles. The molecule has 0 spiro atoms. The van der Waals surface area contributed by atoms with Gasteiger partial charge in [0.15, 0.2) is 0 Å². The van der Waals surface area contributed by atoms with Crippen molar-refractivity contribution in [1.82, 2.24) is 5.32 Å². The van der Waals surface area contributed by atoms with Crippen molar-refractivity contribution in [2.45, 2.75) is 4.90 Å². The minimum Gasteiger partial charge on any atom is -0.508 e. The normalized spacial score (nSPS) is 16.9. The number of rotatable bonds is 3. The Kier molecular flexibility index (Phi) is 2.76. The predicted molar refractivity (Wildman–Crippen MR) is 55.2 cm³/mol. The van der Waals surface area contributed by atoms with Crippen LogP contribution in [0.4, 0.5) is 0 Å². The average molecular weight is 195 g/mol. The summed E-state index contributed by atoms with van der Waals surface area (Å²) in [6, 6.07) is 7.40. The quantitative estimate of drug-likeness (QED) is 0.720. The molecule has 1 heterocycles. The molecule has 1 aliphatic rings. The lowest BCUT2D eigenvalue weighted by atomic mass is 10.1. The Morgan fingerprint density at radius 1 is 1.31 bits per heavy atom. The molecule has 1 aromatic carbocycles. The van der Waals surface area contributed by atoms with Crippen LogP contribution < -0.4 is 5.32 Å². The molecule has 1 aliphatic heterocycles. The minimum atomic E-state index is 0.342. The van der Waals surface area contributed by atoms with Crippen LogP contribution in [0.25, 0.3) is 0 Å². The highest BCUT2D eigenvalue weighted by Gasteiger charge is 2.16. The van der Waals surface area contributed by atoms with Crippen molar-refractivity contribution < 1.29 is 5.11 Å². The van der Waals surface area contributed by atoms with E-state index in [4.69, 9.17) is 5.11 Å². The average Bonchev–Trinajstić information content (AvgIpc) is 2.05. The smallest absolute Gasteiger partial charge is 0.115 e. The van der Waals surface area contributed by atoms with Gasteiger partial charge < -0.3 is 10.4 Å². The highest BCUT2D eigenvalue weighted by Crippen LogP contribution is 2.23. The highest BCUT2D eigenvalue weighted by atomic mass is 32.2. The summed E-state index contributed by atoms with van der Waals surface area (Å²) in [6.07, 6.45) is 0. The van der Waals surface area contributed by atoms with Gasteiger partial charge in [0, 0.05) is 10.6 Å². The number of phenolic OH excluding ortho intramolecular Hbond substituents is 1. The van der Waals surface area contributed by atoms with Gasteiger partial charge in [-0.1, -0.05) is 0 Å². The first kappa shape index (κ1) is 8.91. The molecular weight excluding hydrogens is 182 g/mol. The number of hydrogen-bond acceptors (Lipinski definition) is 3. The Morgan fingerprint density at radius 2 is 2.00 bits per heavy atom. The van der Waals surface area contributed by atoms with Crippen molar-refractivity contribution in [3.05, 3.63) is 24.3 Å². The van der Waals surface area contributed by atoms with Gasteiger partial charge in [0.25, 0.3) is 0 Å². The minimum absolute atomic E-state index is 0.342. The topological polar surface area (TPSA) is 32.3 Å². The lowest BCUT2D eigenvalue weighted by Gasteiger charge is -2.26. The van der Waals surface area contributed by atoms with E-state index in [-0.39, 0.29) is 0 Å². The predicted octanol–water partition coefficient (Wildman–Crippen LogP) is 1.70. The van der Waals surface area contributed by atoms with Gasteiger partial charge in [0.2, 0.25) is 0 Å². The van der Waals surface area contributed by atoms with Crippen LogP contribution in [0.3, 0.4) is 0 Å². The fourth-order valence-corrected chi connectivity index (χ4v) is 2.22. The van der Waals surface area contributed by atoms with Gasteiger partial charge in [0.05, 0.1) is 0 Å². The maximum Gasteiger partial charge on any atom is 0.115 e. The Hall–Kier alpha value is -0.670. The number of nitrogens with one attached hydrogen (secondary N) is 1. The molecule has 2 rings (SSSR count). The van der Waals surface area contributed by atoms with Gasteiger partial charge in [-0.05, 0) is 43.3 Å². The highest BCUT2D eigenvalue weighted by molar-refractivity contribution is 7.99. The van der Waals surface area contributed by atoms with Crippen LogP contribution >= 0.6 is 11.8 Å². The van der Waals surface area contributed by atoms with Crippen LogP contribution in [0.2, 0.25) is 0 Å². The molecule has 1 saturated heterocycles. The molecule has 1 aromatic rings. The fourth-order valence-electron chi connectivity index (χ4n) is 1.22. The van der Waals surface area contributed by atoms with E-state index < -0.39 is 0 Å². The largest absolute Gasteiger partial charge is 0.508 e. The first-order chi connectivity index (χ1) is 6.34. The van der Waals surface area contributed by atoms with Crippen molar-refractivity contribution in [1.29, 1.82) is 0 Å². The van der Waals surface area contributed by atoms with E-state index in [0.29, 0.717) is 5.75 Å². The molecule has 0 unspecified atom stereocenters. The summed E-state index contributed by atoms with van der Waals surface area (Å²) in [5.74, 6) is 2.35. The van der Waals surface area contributed by atoms with Gasteiger partial charge in [-0.25, -0.2) is 0 Å². The molecule has 13 heavy (non-hydrogen) atoms. The molecule has 0 atom stereocenters. The van der Waals surface area contributed by atoms with Gasteiger partial charge in [0.1, 0.15) is 5.75 Å². The van der Waals surface area contributed by atoms with E-state index in [1.54, 1.807) is 12.1 Å². The van der Waals surface area contributed by atoms with Crippen LogP contribution in [-0.2, 0) is 0 Å². The molecule has 2 nitrogen and oxygen atoms in total. The van der Waals surface area contributed by atoms with E-state index in [2.05, 4.69) is 5.32 Å². The molecule has 0 amide bonds. The van der Waals surface area contributed by atoms with Crippen molar-refractivity contribution in [2.24, 2.45) is 5.92 Å². The summed E-state index contributed by atoms with van der Waals surface area (Å²) < 4.78 is 0. The number of hydrogen-bond donors (Lipinski definition) is 2. The zero-order chi connectivity index (χ0) is 9.10. The van der Waals surface area contributed by atoms with Crippen LogP contribution in [0.1, 0.15) is 0 Å². The van der Waals surface area contributed by atoms with Crippen molar-refractivity contribution in [2.75, 3.05) is 18.8 Å². The zero-order valence-corrected chi connectivity index (χ0v) is 8.18. The first-order valence-electron chi connectivity index (χ1n) is 4.47. The molecule has 0 radical (unpaired) electrons. The molecular formula is C10H13NOS. The standard InChI is InChI=1S/C10H13NOS/c12-9-1-3-10(4-2-9)13-7-8-5-11-6-8/h1-4,8,11-12H,5-7H2. The van der Waals surface area contributed by atoms with E-state index >= 15 is 0 Å². The Labute approximate surface area is 82.4 Å². The zero-order valence-electron chi connectivity index (χ0n) is 7.36. The molecule has 3 heteroatoms. The summed E-state index contributed by atoms with van der Waals surface area (Å²) in [5.41, 5.74) is 0. The van der Waals surface area contributed by atoms with E-state index in [0.717, 1.165) is 19.0 Å². The molecule has 70 valence electrons. The third kappa shape index (κ3) is 2.39.